The number of hydrogen-bond donors (Lipinski definition) is 3. The molecule has 2 aromatic rings. The van der Waals surface area contributed by atoms with Crippen molar-refractivity contribution in [1.29, 1.82) is 0 Å². The molecule has 38 heavy (non-hydrogen) atoms. The molecule has 0 radical (unpaired) electrons. The van der Waals surface area contributed by atoms with E-state index in [2.05, 4.69) is 54.7 Å². The standard InChI is InChI=1S/C30H34N4O4/c1-16-14-17(6-9-21(16)29(2,3)4)32-28(36)34-26-25-20-15-18(7-10-23(20)38-30(25,26)5)37-22-12-13-31-27-19(22)8-11-24(35)33-27/h6-7,9-10,12-13,15-16,25-26H,8,11,14H2,1-5H3,(H,31,33,35)(H2,32,34,36)/t16?,25-,26-,30?/m0/s1. The summed E-state index contributed by atoms with van der Waals surface area (Å²) >= 11 is 0. The normalized spacial score (nSPS) is 27.0. The van der Waals surface area contributed by atoms with E-state index in [1.165, 1.54) is 5.57 Å². The number of carbonyl (C=O) groups is 2. The van der Waals surface area contributed by atoms with Crippen LogP contribution in [-0.4, -0.2) is 28.6 Å². The second-order valence-corrected chi connectivity index (χ2v) is 12.0. The monoisotopic (exact) mass is 514 g/mol. The van der Waals surface area contributed by atoms with Gasteiger partial charge in [-0.1, -0.05) is 39.3 Å². The zero-order valence-electron chi connectivity index (χ0n) is 22.5. The quantitative estimate of drug-likeness (QED) is 0.495. The summed E-state index contributed by atoms with van der Waals surface area (Å²) in [6.07, 6.45) is 7.61. The van der Waals surface area contributed by atoms with Crippen molar-refractivity contribution in [2.45, 2.75) is 71.4 Å². The second kappa shape index (κ2) is 8.61. The van der Waals surface area contributed by atoms with Gasteiger partial charge in [0.2, 0.25) is 5.91 Å². The number of pyridine rings is 1. The Kier molecular flexibility index (Phi) is 5.56. The van der Waals surface area contributed by atoms with Gasteiger partial charge in [-0.25, -0.2) is 9.78 Å². The highest BCUT2D eigenvalue weighted by Crippen LogP contribution is 2.62. The van der Waals surface area contributed by atoms with Crippen molar-refractivity contribution in [2.75, 3.05) is 5.32 Å². The average Bonchev–Trinajstić information content (AvgIpc) is 3.26. The summed E-state index contributed by atoms with van der Waals surface area (Å²) < 4.78 is 12.5. The third-order valence-corrected chi connectivity index (χ3v) is 8.15. The van der Waals surface area contributed by atoms with Gasteiger partial charge < -0.3 is 25.4 Å². The molecule has 198 valence electrons. The van der Waals surface area contributed by atoms with Gasteiger partial charge in [-0.3, -0.25) is 4.79 Å². The minimum Gasteiger partial charge on any atom is -0.484 e. The summed E-state index contributed by atoms with van der Waals surface area (Å²) in [7, 11) is 0. The molecule has 3 amide bonds. The van der Waals surface area contributed by atoms with Crippen LogP contribution >= 0.6 is 0 Å². The molecule has 1 aromatic carbocycles. The fourth-order valence-electron chi connectivity index (χ4n) is 6.24. The van der Waals surface area contributed by atoms with Crippen molar-refractivity contribution in [3.63, 3.8) is 0 Å². The van der Waals surface area contributed by atoms with Crippen LogP contribution in [0.3, 0.4) is 0 Å². The van der Waals surface area contributed by atoms with E-state index in [9.17, 15) is 9.59 Å². The van der Waals surface area contributed by atoms with Gasteiger partial charge in [0.15, 0.2) is 0 Å². The molecule has 8 nitrogen and oxygen atoms in total. The molecule has 3 heterocycles. The van der Waals surface area contributed by atoms with Crippen LogP contribution in [0.5, 0.6) is 17.2 Å². The Labute approximate surface area is 222 Å². The number of anilines is 1. The van der Waals surface area contributed by atoms with E-state index in [0.717, 1.165) is 29.0 Å². The first kappa shape index (κ1) is 24.5. The molecule has 0 bridgehead atoms. The van der Waals surface area contributed by atoms with Crippen LogP contribution < -0.4 is 25.4 Å². The summed E-state index contributed by atoms with van der Waals surface area (Å²) in [4.78, 5) is 28.9. The largest absolute Gasteiger partial charge is 0.484 e. The lowest BCUT2D eigenvalue weighted by Crippen LogP contribution is -2.41. The van der Waals surface area contributed by atoms with Gasteiger partial charge in [0, 0.05) is 29.4 Å². The molecular formula is C30H34N4O4. The fourth-order valence-corrected chi connectivity index (χ4v) is 6.24. The van der Waals surface area contributed by atoms with E-state index in [-0.39, 0.29) is 29.3 Å². The summed E-state index contributed by atoms with van der Waals surface area (Å²) in [6.45, 7) is 10.9. The molecule has 8 heteroatoms. The summed E-state index contributed by atoms with van der Waals surface area (Å²) in [5, 5.41) is 8.99. The third-order valence-electron chi connectivity index (χ3n) is 8.15. The highest BCUT2D eigenvalue weighted by Gasteiger charge is 2.70. The average molecular weight is 515 g/mol. The van der Waals surface area contributed by atoms with Crippen LogP contribution in [0.4, 0.5) is 10.6 Å². The molecule has 6 rings (SSSR count). The van der Waals surface area contributed by atoms with Gasteiger partial charge in [-0.05, 0) is 61.4 Å². The molecule has 1 fully saturated rings. The molecule has 3 N–H and O–H groups in total. The van der Waals surface area contributed by atoms with E-state index in [1.54, 1.807) is 6.20 Å². The Balaban J connectivity index is 1.14. The van der Waals surface area contributed by atoms with Gasteiger partial charge in [0.05, 0.1) is 12.0 Å². The predicted molar refractivity (Wildman–Crippen MR) is 144 cm³/mol. The molecule has 2 aliphatic heterocycles. The molecule has 2 unspecified atom stereocenters. The van der Waals surface area contributed by atoms with Crippen LogP contribution in [0.25, 0.3) is 0 Å². The van der Waals surface area contributed by atoms with Crippen molar-refractivity contribution in [2.24, 2.45) is 11.3 Å². The number of amides is 3. The van der Waals surface area contributed by atoms with Crippen LogP contribution in [0.2, 0.25) is 0 Å². The number of rotatable bonds is 4. The topological polar surface area (TPSA) is 102 Å². The maximum Gasteiger partial charge on any atom is 0.319 e. The fraction of sp³-hybridized carbons (Fsp3) is 0.433. The number of ether oxygens (including phenoxy) is 2. The number of allylic oxidation sites excluding steroid dienone is 4. The molecule has 4 aliphatic rings. The summed E-state index contributed by atoms with van der Waals surface area (Å²) in [6, 6.07) is 7.27. The molecule has 2 aliphatic carbocycles. The number of benzene rings is 1. The number of nitrogens with one attached hydrogen (secondary N) is 3. The highest BCUT2D eigenvalue weighted by molar-refractivity contribution is 5.93. The molecule has 1 aromatic heterocycles. The zero-order valence-corrected chi connectivity index (χ0v) is 22.5. The Hall–Kier alpha value is -3.81. The SMILES string of the molecule is CC1CC(NC(=O)N[C@H]2[C@@H]3c4cc(Oc5ccnc6c5CCC(=O)N6)ccc4OC23C)=CC=C1C(C)(C)C. The predicted octanol–water partition coefficient (Wildman–Crippen LogP) is 5.57. The van der Waals surface area contributed by atoms with Gasteiger partial charge in [0.25, 0.3) is 0 Å². The molecule has 1 saturated carbocycles. The number of carbonyl (C=O) groups excluding carboxylic acids is 2. The van der Waals surface area contributed by atoms with E-state index in [4.69, 9.17) is 9.47 Å². The Morgan fingerprint density at radius 2 is 2.03 bits per heavy atom. The number of aromatic nitrogens is 1. The molecular weight excluding hydrogens is 480 g/mol. The molecule has 4 atom stereocenters. The van der Waals surface area contributed by atoms with E-state index < -0.39 is 5.60 Å². The lowest BCUT2D eigenvalue weighted by atomic mass is 9.76. The van der Waals surface area contributed by atoms with Gasteiger partial charge in [0.1, 0.15) is 28.7 Å². The number of urea groups is 1. The minimum absolute atomic E-state index is 0.0344. The first-order valence-electron chi connectivity index (χ1n) is 13.3. The van der Waals surface area contributed by atoms with Crippen LogP contribution in [0.1, 0.15) is 64.5 Å². The maximum absolute atomic E-state index is 12.9. The Morgan fingerprint density at radius 1 is 1.21 bits per heavy atom. The lowest BCUT2D eigenvalue weighted by molar-refractivity contribution is -0.116. The second-order valence-electron chi connectivity index (χ2n) is 12.0. The minimum atomic E-state index is -0.480. The number of nitrogens with zero attached hydrogens (tertiary/aromatic N) is 1. The Morgan fingerprint density at radius 3 is 2.79 bits per heavy atom. The van der Waals surface area contributed by atoms with E-state index in [1.807, 2.05) is 37.3 Å². The van der Waals surface area contributed by atoms with Crippen molar-refractivity contribution < 1.29 is 19.1 Å². The first-order valence-corrected chi connectivity index (χ1v) is 13.3. The van der Waals surface area contributed by atoms with Gasteiger partial charge in [-0.15, -0.1) is 0 Å². The van der Waals surface area contributed by atoms with Crippen LogP contribution in [0, 0.1) is 11.3 Å². The van der Waals surface area contributed by atoms with Crippen LogP contribution in [-0.2, 0) is 11.2 Å². The number of fused-ring (bicyclic) bond motifs is 4. The lowest BCUT2D eigenvalue weighted by Gasteiger charge is -2.31. The summed E-state index contributed by atoms with van der Waals surface area (Å²) in [5.41, 5.74) is 3.87. The smallest absolute Gasteiger partial charge is 0.319 e. The van der Waals surface area contributed by atoms with Crippen molar-refractivity contribution in [1.82, 2.24) is 15.6 Å². The van der Waals surface area contributed by atoms with Gasteiger partial charge in [-0.2, -0.15) is 0 Å². The maximum atomic E-state index is 12.9. The van der Waals surface area contributed by atoms with Crippen molar-refractivity contribution in [3.8, 4) is 17.2 Å². The molecule has 0 spiro atoms. The van der Waals surface area contributed by atoms with Crippen molar-refractivity contribution >= 4 is 17.8 Å². The Bertz CT molecular complexity index is 1410. The zero-order chi connectivity index (χ0) is 26.8. The first-order chi connectivity index (χ1) is 18.0. The van der Waals surface area contributed by atoms with Crippen molar-refractivity contribution in [3.05, 3.63) is 65.0 Å². The summed E-state index contributed by atoms with van der Waals surface area (Å²) in [5.74, 6) is 3.12. The van der Waals surface area contributed by atoms with E-state index in [0.29, 0.717) is 36.1 Å². The van der Waals surface area contributed by atoms with E-state index >= 15 is 0 Å². The van der Waals surface area contributed by atoms with Crippen LogP contribution in [0.15, 0.2) is 53.9 Å². The number of hydrogen-bond acceptors (Lipinski definition) is 5. The third kappa shape index (κ3) is 4.22. The highest BCUT2D eigenvalue weighted by atomic mass is 16.5. The molecule has 0 saturated heterocycles. The van der Waals surface area contributed by atoms with Gasteiger partial charge >= 0.3 is 6.03 Å².